The zero-order chi connectivity index (χ0) is 18.5. The molecule has 0 radical (unpaired) electrons. The van der Waals surface area contributed by atoms with Crippen molar-refractivity contribution < 1.29 is 19.1 Å². The van der Waals surface area contributed by atoms with Crippen LogP contribution in [0.4, 0.5) is 0 Å². The quantitative estimate of drug-likeness (QED) is 0.762. The number of benzene rings is 2. The summed E-state index contributed by atoms with van der Waals surface area (Å²) in [6.45, 7) is -0.0880. The van der Waals surface area contributed by atoms with Crippen LogP contribution in [0.2, 0.25) is 0 Å². The number of ether oxygens (including phenoxy) is 2. The SMILES string of the molecule is COc1ccc(C(NC(=O)COc2ccc(C(N)=O)cc2)C2CC2)cc1. The summed E-state index contributed by atoms with van der Waals surface area (Å²) in [4.78, 5) is 23.3. The number of amides is 2. The van der Waals surface area contributed by atoms with E-state index in [9.17, 15) is 9.59 Å². The van der Waals surface area contributed by atoms with Gasteiger partial charge in [0.05, 0.1) is 13.2 Å². The predicted molar refractivity (Wildman–Crippen MR) is 97.1 cm³/mol. The second-order valence-corrected chi connectivity index (χ2v) is 6.33. The lowest BCUT2D eigenvalue weighted by atomic mass is 10.0. The first-order valence-corrected chi connectivity index (χ1v) is 8.53. The minimum Gasteiger partial charge on any atom is -0.497 e. The van der Waals surface area contributed by atoms with Gasteiger partial charge in [0, 0.05) is 5.56 Å². The zero-order valence-electron chi connectivity index (χ0n) is 14.6. The van der Waals surface area contributed by atoms with Gasteiger partial charge in [0.25, 0.3) is 5.91 Å². The Morgan fingerprint density at radius 1 is 1.08 bits per heavy atom. The van der Waals surface area contributed by atoms with Gasteiger partial charge >= 0.3 is 0 Å². The van der Waals surface area contributed by atoms with Gasteiger partial charge < -0.3 is 20.5 Å². The van der Waals surface area contributed by atoms with Crippen molar-refractivity contribution in [2.24, 2.45) is 11.7 Å². The molecule has 0 spiro atoms. The Bertz CT molecular complexity index is 767. The highest BCUT2D eigenvalue weighted by atomic mass is 16.5. The molecule has 1 atom stereocenters. The summed E-state index contributed by atoms with van der Waals surface area (Å²) in [6.07, 6.45) is 2.21. The highest BCUT2D eigenvalue weighted by molar-refractivity contribution is 5.92. The summed E-state index contributed by atoms with van der Waals surface area (Å²) < 4.78 is 10.7. The summed E-state index contributed by atoms with van der Waals surface area (Å²) in [5.41, 5.74) is 6.66. The number of nitrogens with two attached hydrogens (primary N) is 1. The lowest BCUT2D eigenvalue weighted by molar-refractivity contribution is -0.124. The molecule has 0 aromatic heterocycles. The molecule has 1 aliphatic carbocycles. The Hall–Kier alpha value is -3.02. The van der Waals surface area contributed by atoms with E-state index in [2.05, 4.69) is 5.32 Å². The normalized spacial score (nSPS) is 14.3. The van der Waals surface area contributed by atoms with Crippen LogP contribution in [0.3, 0.4) is 0 Å². The van der Waals surface area contributed by atoms with Crippen LogP contribution in [-0.2, 0) is 4.79 Å². The summed E-state index contributed by atoms with van der Waals surface area (Å²) in [7, 11) is 1.63. The number of carbonyl (C=O) groups excluding carboxylic acids is 2. The Balaban J connectivity index is 1.57. The van der Waals surface area contributed by atoms with Gasteiger partial charge in [-0.15, -0.1) is 0 Å². The van der Waals surface area contributed by atoms with Gasteiger partial charge in [0.1, 0.15) is 11.5 Å². The monoisotopic (exact) mass is 354 g/mol. The van der Waals surface area contributed by atoms with Crippen molar-refractivity contribution in [3.05, 3.63) is 59.7 Å². The number of carbonyl (C=O) groups is 2. The predicted octanol–water partition coefficient (Wildman–Crippen LogP) is 2.44. The van der Waals surface area contributed by atoms with E-state index in [-0.39, 0.29) is 18.6 Å². The number of primary amides is 1. The summed E-state index contributed by atoms with van der Waals surface area (Å²) >= 11 is 0. The van der Waals surface area contributed by atoms with Crippen LogP contribution in [0.1, 0.15) is 34.8 Å². The van der Waals surface area contributed by atoms with Crippen LogP contribution in [0.15, 0.2) is 48.5 Å². The maximum atomic E-state index is 12.3. The molecular weight excluding hydrogens is 332 g/mol. The molecule has 6 heteroatoms. The average molecular weight is 354 g/mol. The summed E-state index contributed by atoms with van der Waals surface area (Å²) in [5.74, 6) is 1.08. The highest BCUT2D eigenvalue weighted by Crippen LogP contribution is 2.41. The second kappa shape index (κ2) is 7.91. The fourth-order valence-electron chi connectivity index (χ4n) is 2.79. The molecule has 26 heavy (non-hydrogen) atoms. The third kappa shape index (κ3) is 4.53. The van der Waals surface area contributed by atoms with Gasteiger partial charge in [-0.25, -0.2) is 0 Å². The van der Waals surface area contributed by atoms with Crippen molar-refractivity contribution in [1.29, 1.82) is 0 Å². The minimum absolute atomic E-state index is 0.0192. The van der Waals surface area contributed by atoms with Crippen molar-refractivity contribution in [1.82, 2.24) is 5.32 Å². The van der Waals surface area contributed by atoms with E-state index in [4.69, 9.17) is 15.2 Å². The van der Waals surface area contributed by atoms with Crippen molar-refractivity contribution in [3.8, 4) is 11.5 Å². The van der Waals surface area contributed by atoms with Gasteiger partial charge in [-0.05, 0) is 60.7 Å². The maximum absolute atomic E-state index is 12.3. The lowest BCUT2D eigenvalue weighted by Crippen LogP contribution is -2.33. The van der Waals surface area contributed by atoms with E-state index in [1.54, 1.807) is 31.4 Å². The Morgan fingerprint density at radius 3 is 2.23 bits per heavy atom. The van der Waals surface area contributed by atoms with E-state index in [0.29, 0.717) is 17.2 Å². The Labute approximate surface area is 152 Å². The Kier molecular flexibility index (Phi) is 5.41. The standard InChI is InChI=1S/C20H22N2O4/c1-25-16-8-4-14(5-9-16)19(13-2-3-13)22-18(23)12-26-17-10-6-15(7-11-17)20(21)24/h4-11,13,19H,2-3,12H2,1H3,(H2,21,24)(H,22,23). The zero-order valence-corrected chi connectivity index (χ0v) is 14.6. The van der Waals surface area contributed by atoms with Crippen LogP contribution in [-0.4, -0.2) is 25.5 Å². The van der Waals surface area contributed by atoms with E-state index < -0.39 is 5.91 Å². The Morgan fingerprint density at radius 2 is 1.69 bits per heavy atom. The van der Waals surface area contributed by atoms with E-state index in [0.717, 1.165) is 24.2 Å². The van der Waals surface area contributed by atoms with Crippen LogP contribution >= 0.6 is 0 Å². The van der Waals surface area contributed by atoms with Crippen molar-refractivity contribution in [3.63, 3.8) is 0 Å². The molecule has 6 nitrogen and oxygen atoms in total. The third-order valence-electron chi connectivity index (χ3n) is 4.39. The lowest BCUT2D eigenvalue weighted by Gasteiger charge is -2.19. The van der Waals surface area contributed by atoms with Crippen molar-refractivity contribution in [2.45, 2.75) is 18.9 Å². The molecule has 0 saturated heterocycles. The molecule has 0 heterocycles. The van der Waals surface area contributed by atoms with E-state index >= 15 is 0 Å². The third-order valence-corrected chi connectivity index (χ3v) is 4.39. The summed E-state index contributed by atoms with van der Waals surface area (Å²) in [5, 5.41) is 3.05. The highest BCUT2D eigenvalue weighted by Gasteiger charge is 2.33. The fourth-order valence-corrected chi connectivity index (χ4v) is 2.79. The molecule has 1 aliphatic rings. The van der Waals surface area contributed by atoms with Crippen LogP contribution in [0.25, 0.3) is 0 Å². The fraction of sp³-hybridized carbons (Fsp3) is 0.300. The number of hydrogen-bond donors (Lipinski definition) is 2. The van der Waals surface area contributed by atoms with Gasteiger partial charge in [0.15, 0.2) is 6.61 Å². The van der Waals surface area contributed by atoms with Gasteiger partial charge in [-0.3, -0.25) is 9.59 Å². The topological polar surface area (TPSA) is 90.7 Å². The minimum atomic E-state index is -0.499. The van der Waals surface area contributed by atoms with Gasteiger partial charge in [0.2, 0.25) is 5.91 Å². The van der Waals surface area contributed by atoms with Crippen molar-refractivity contribution in [2.75, 3.05) is 13.7 Å². The summed E-state index contributed by atoms with van der Waals surface area (Å²) in [6, 6.07) is 14.1. The van der Waals surface area contributed by atoms with E-state index in [1.807, 2.05) is 24.3 Å². The van der Waals surface area contributed by atoms with Crippen LogP contribution in [0, 0.1) is 5.92 Å². The van der Waals surface area contributed by atoms with E-state index in [1.165, 1.54) is 0 Å². The maximum Gasteiger partial charge on any atom is 0.258 e. The first-order valence-electron chi connectivity index (χ1n) is 8.53. The molecule has 0 aliphatic heterocycles. The number of hydrogen-bond acceptors (Lipinski definition) is 4. The molecule has 1 unspecified atom stereocenters. The second-order valence-electron chi connectivity index (χ2n) is 6.33. The molecular formula is C20H22N2O4. The molecule has 2 aromatic carbocycles. The molecule has 2 amide bonds. The number of nitrogens with one attached hydrogen (secondary N) is 1. The van der Waals surface area contributed by atoms with Crippen LogP contribution in [0.5, 0.6) is 11.5 Å². The molecule has 136 valence electrons. The molecule has 3 rings (SSSR count). The first kappa shape index (κ1) is 17.8. The van der Waals surface area contributed by atoms with Crippen molar-refractivity contribution >= 4 is 11.8 Å². The number of rotatable bonds is 8. The molecule has 1 saturated carbocycles. The van der Waals surface area contributed by atoms with Gasteiger partial charge in [-0.2, -0.15) is 0 Å². The average Bonchev–Trinajstić information content (AvgIpc) is 3.50. The van der Waals surface area contributed by atoms with Gasteiger partial charge in [-0.1, -0.05) is 12.1 Å². The molecule has 0 bridgehead atoms. The molecule has 1 fully saturated rings. The largest absolute Gasteiger partial charge is 0.497 e. The first-order chi connectivity index (χ1) is 12.6. The molecule has 2 aromatic rings. The van der Waals surface area contributed by atoms with Crippen LogP contribution < -0.4 is 20.5 Å². The smallest absolute Gasteiger partial charge is 0.258 e. The molecule has 3 N–H and O–H groups in total. The number of methoxy groups -OCH3 is 1.